The average molecular weight is 351 g/mol. The molecule has 0 spiro atoms. The normalized spacial score (nSPS) is 16.5. The zero-order valence-corrected chi connectivity index (χ0v) is 14.7. The molecule has 2 rings (SSSR count). The number of amides is 1. The van der Waals surface area contributed by atoms with Crippen molar-refractivity contribution in [1.82, 2.24) is 4.90 Å². The van der Waals surface area contributed by atoms with Gasteiger partial charge in [0.2, 0.25) is 0 Å². The molecule has 1 fully saturated rings. The van der Waals surface area contributed by atoms with Gasteiger partial charge in [0.05, 0.1) is 19.0 Å². The van der Waals surface area contributed by atoms with E-state index in [1.807, 2.05) is 44.4 Å². The summed E-state index contributed by atoms with van der Waals surface area (Å²) < 4.78 is 5.50. The minimum Gasteiger partial charge on any atom is -0.458 e. The van der Waals surface area contributed by atoms with E-state index in [9.17, 15) is 9.59 Å². The Morgan fingerprint density at radius 3 is 2.70 bits per heavy atom. The number of carbonyl (C=O) groups excluding carboxylic acids is 2. The number of hydrogen-bond donors (Lipinski definition) is 1. The Morgan fingerprint density at radius 2 is 2.04 bits per heavy atom. The van der Waals surface area contributed by atoms with Gasteiger partial charge in [0, 0.05) is 0 Å². The number of likely N-dealkylation sites (N-methyl/N-ethyl adjacent to an activating group) is 1. The summed E-state index contributed by atoms with van der Waals surface area (Å²) >= 11 is 6.40. The minimum atomic E-state index is -0.441. The summed E-state index contributed by atoms with van der Waals surface area (Å²) in [6.07, 6.45) is 1.78. The topological polar surface area (TPSA) is 51.1 Å². The average Bonchev–Trinajstić information content (AvgIpc) is 2.75. The highest BCUT2D eigenvalue weighted by atomic mass is 32.2. The van der Waals surface area contributed by atoms with Gasteiger partial charge >= 0.3 is 5.97 Å². The SMILES string of the molecule is C[NH+](C)CCOC(=O)CN1C(=O)C(=Cc2ccccc2)SC1=S. The molecule has 1 aromatic carbocycles. The fraction of sp³-hybridized carbons (Fsp3) is 0.312. The molecule has 7 heteroatoms. The second-order valence-electron chi connectivity index (χ2n) is 5.36. The van der Waals surface area contributed by atoms with Crippen LogP contribution < -0.4 is 4.90 Å². The van der Waals surface area contributed by atoms with Crippen LogP contribution in [0.25, 0.3) is 6.08 Å². The molecule has 1 N–H and O–H groups in total. The lowest BCUT2D eigenvalue weighted by Crippen LogP contribution is -3.06. The van der Waals surface area contributed by atoms with Crippen molar-refractivity contribution in [2.75, 3.05) is 33.8 Å². The van der Waals surface area contributed by atoms with E-state index in [1.165, 1.54) is 21.6 Å². The fourth-order valence-electron chi connectivity index (χ4n) is 1.88. The number of thiocarbonyl (C=S) groups is 1. The molecule has 1 saturated heterocycles. The summed E-state index contributed by atoms with van der Waals surface area (Å²) in [5.41, 5.74) is 0.921. The first-order valence-corrected chi connectivity index (χ1v) is 8.45. The summed E-state index contributed by atoms with van der Waals surface area (Å²) in [4.78, 5) is 27.2. The Bertz CT molecular complexity index is 629. The lowest BCUT2D eigenvalue weighted by atomic mass is 10.2. The lowest BCUT2D eigenvalue weighted by Gasteiger charge is -2.14. The van der Waals surface area contributed by atoms with Gasteiger partial charge in [-0.15, -0.1) is 0 Å². The van der Waals surface area contributed by atoms with Crippen molar-refractivity contribution in [3.8, 4) is 0 Å². The summed E-state index contributed by atoms with van der Waals surface area (Å²) in [7, 11) is 3.95. The molecule has 122 valence electrons. The van der Waals surface area contributed by atoms with Gasteiger partial charge < -0.3 is 9.64 Å². The molecule has 0 saturated carbocycles. The third kappa shape index (κ3) is 5.16. The number of ether oxygens (including phenoxy) is 1. The number of rotatable bonds is 6. The lowest BCUT2D eigenvalue weighted by molar-refractivity contribution is -0.858. The highest BCUT2D eigenvalue weighted by Crippen LogP contribution is 2.32. The van der Waals surface area contributed by atoms with E-state index in [2.05, 4.69) is 0 Å². The maximum atomic E-state index is 12.4. The van der Waals surface area contributed by atoms with Gasteiger partial charge in [0.15, 0.2) is 0 Å². The number of hydrogen-bond acceptors (Lipinski definition) is 5. The predicted molar refractivity (Wildman–Crippen MR) is 95.0 cm³/mol. The Labute approximate surface area is 145 Å². The third-order valence-electron chi connectivity index (χ3n) is 3.12. The van der Waals surface area contributed by atoms with Crippen molar-refractivity contribution < 1.29 is 19.2 Å². The van der Waals surface area contributed by atoms with Crippen molar-refractivity contribution in [2.24, 2.45) is 0 Å². The van der Waals surface area contributed by atoms with Gasteiger partial charge in [0.1, 0.15) is 24.0 Å². The van der Waals surface area contributed by atoms with E-state index < -0.39 is 5.97 Å². The van der Waals surface area contributed by atoms with Gasteiger partial charge in [-0.25, -0.2) is 0 Å². The van der Waals surface area contributed by atoms with Crippen LogP contribution in [0.3, 0.4) is 0 Å². The highest BCUT2D eigenvalue weighted by molar-refractivity contribution is 8.26. The van der Waals surface area contributed by atoms with Crippen molar-refractivity contribution >= 4 is 46.3 Å². The number of thioether (sulfide) groups is 1. The minimum absolute atomic E-state index is 0.139. The molecule has 1 aliphatic rings. The van der Waals surface area contributed by atoms with Gasteiger partial charge in [-0.3, -0.25) is 14.5 Å². The van der Waals surface area contributed by atoms with Crippen LogP contribution in [0.5, 0.6) is 0 Å². The van der Waals surface area contributed by atoms with E-state index in [-0.39, 0.29) is 12.5 Å². The summed E-state index contributed by atoms with van der Waals surface area (Å²) in [6, 6.07) is 9.52. The molecule has 5 nitrogen and oxygen atoms in total. The smallest absolute Gasteiger partial charge is 0.326 e. The highest BCUT2D eigenvalue weighted by Gasteiger charge is 2.33. The maximum Gasteiger partial charge on any atom is 0.326 e. The molecule has 0 radical (unpaired) electrons. The molecule has 1 aromatic rings. The van der Waals surface area contributed by atoms with Gasteiger partial charge in [-0.1, -0.05) is 54.3 Å². The summed E-state index contributed by atoms with van der Waals surface area (Å²) in [6.45, 7) is 0.910. The molecule has 0 atom stereocenters. The first-order chi connectivity index (χ1) is 11.0. The summed E-state index contributed by atoms with van der Waals surface area (Å²) in [5, 5.41) is 0. The molecule has 0 bridgehead atoms. The van der Waals surface area contributed by atoms with Crippen LogP contribution in [-0.2, 0) is 14.3 Å². The van der Waals surface area contributed by atoms with Crippen LogP contribution in [-0.4, -0.2) is 54.9 Å². The fourth-order valence-corrected chi connectivity index (χ4v) is 3.14. The number of esters is 1. The molecule has 0 aliphatic carbocycles. The van der Waals surface area contributed by atoms with E-state index in [0.29, 0.717) is 15.8 Å². The van der Waals surface area contributed by atoms with Crippen molar-refractivity contribution in [3.05, 3.63) is 40.8 Å². The van der Waals surface area contributed by atoms with Crippen molar-refractivity contribution in [1.29, 1.82) is 0 Å². The first-order valence-electron chi connectivity index (χ1n) is 7.22. The number of quaternary nitrogens is 1. The largest absolute Gasteiger partial charge is 0.458 e. The molecule has 1 heterocycles. The predicted octanol–water partition coefficient (Wildman–Crippen LogP) is 0.576. The van der Waals surface area contributed by atoms with Crippen LogP contribution in [0.4, 0.5) is 0 Å². The van der Waals surface area contributed by atoms with Gasteiger partial charge in [0.25, 0.3) is 5.91 Å². The number of carbonyl (C=O) groups is 2. The molecular weight excluding hydrogens is 332 g/mol. The van der Waals surface area contributed by atoms with Crippen molar-refractivity contribution in [2.45, 2.75) is 0 Å². The van der Waals surface area contributed by atoms with E-state index in [1.54, 1.807) is 6.08 Å². The van der Waals surface area contributed by atoms with E-state index >= 15 is 0 Å². The second-order valence-corrected chi connectivity index (χ2v) is 7.03. The van der Waals surface area contributed by atoms with Crippen LogP contribution in [0, 0.1) is 0 Å². The van der Waals surface area contributed by atoms with Crippen LogP contribution in [0.2, 0.25) is 0 Å². The first kappa shape index (κ1) is 17.7. The zero-order valence-electron chi connectivity index (χ0n) is 13.1. The Hall–Kier alpha value is -1.70. The molecule has 0 aromatic heterocycles. The monoisotopic (exact) mass is 351 g/mol. The molecule has 0 unspecified atom stereocenters. The van der Waals surface area contributed by atoms with E-state index in [4.69, 9.17) is 17.0 Å². The number of nitrogens with zero attached hydrogens (tertiary/aromatic N) is 1. The third-order valence-corrected chi connectivity index (χ3v) is 4.50. The van der Waals surface area contributed by atoms with Gasteiger partial charge in [-0.05, 0) is 11.6 Å². The van der Waals surface area contributed by atoms with E-state index in [0.717, 1.165) is 12.1 Å². The Balaban J connectivity index is 1.96. The molecule has 1 aliphatic heterocycles. The van der Waals surface area contributed by atoms with Gasteiger partial charge in [-0.2, -0.15) is 0 Å². The molecular formula is C16H19N2O3S2+. The Morgan fingerprint density at radius 1 is 1.35 bits per heavy atom. The molecule has 1 amide bonds. The molecule has 23 heavy (non-hydrogen) atoms. The Kier molecular flexibility index (Phi) is 6.32. The maximum absolute atomic E-state index is 12.4. The van der Waals surface area contributed by atoms with Crippen LogP contribution >= 0.6 is 24.0 Å². The van der Waals surface area contributed by atoms with Crippen LogP contribution in [0.1, 0.15) is 5.56 Å². The summed E-state index contributed by atoms with van der Waals surface area (Å²) in [5.74, 6) is -0.692. The quantitative estimate of drug-likeness (QED) is 0.462. The van der Waals surface area contributed by atoms with Crippen molar-refractivity contribution in [3.63, 3.8) is 0 Å². The zero-order chi connectivity index (χ0) is 16.8. The number of nitrogens with one attached hydrogen (secondary N) is 1. The second kappa shape index (κ2) is 8.24. The standard InChI is InChI=1S/C16H18N2O3S2/c1-17(2)8-9-21-14(19)11-18-15(20)13(23-16(18)22)10-12-6-4-3-5-7-12/h3-7,10H,8-9,11H2,1-2H3/p+1. The number of benzene rings is 1. The van der Waals surface area contributed by atoms with Crippen LogP contribution in [0.15, 0.2) is 35.2 Å².